The number of nitrogens with zero attached hydrogens (tertiary/aromatic N) is 2. The lowest BCUT2D eigenvalue weighted by atomic mass is 9.71. The van der Waals surface area contributed by atoms with Crippen molar-refractivity contribution in [3.05, 3.63) is 71.0 Å². The van der Waals surface area contributed by atoms with E-state index in [1.807, 2.05) is 6.07 Å². The zero-order chi connectivity index (χ0) is 17.6. The molecule has 0 aliphatic heterocycles. The van der Waals surface area contributed by atoms with E-state index in [4.69, 9.17) is 0 Å². The summed E-state index contributed by atoms with van der Waals surface area (Å²) in [6.07, 6.45) is 0.0542. The molecule has 2 rings (SSSR count). The number of benzene rings is 2. The molecular formula is C19H15FN2O2. The number of halogens is 1. The second kappa shape index (κ2) is 7.39. The standard InChI is InChI=1S/C19H15FN2O2/c1-24-18(23)10-11-19(13-22,14-6-3-2-4-7-14)16-8-5-9-17(20)15(16)12-21/h2-9H,10-11H2,1H3/t19-/m0/s1. The molecule has 0 fully saturated rings. The Morgan fingerprint density at radius 2 is 1.88 bits per heavy atom. The minimum atomic E-state index is -1.32. The Labute approximate surface area is 139 Å². The molecule has 0 saturated carbocycles. The molecule has 4 nitrogen and oxygen atoms in total. The highest BCUT2D eigenvalue weighted by molar-refractivity contribution is 5.70. The van der Waals surface area contributed by atoms with Crippen molar-refractivity contribution in [2.75, 3.05) is 7.11 Å². The topological polar surface area (TPSA) is 73.9 Å². The van der Waals surface area contributed by atoms with Gasteiger partial charge in [0.1, 0.15) is 17.3 Å². The molecule has 0 aliphatic rings. The van der Waals surface area contributed by atoms with E-state index < -0.39 is 17.2 Å². The van der Waals surface area contributed by atoms with Gasteiger partial charge >= 0.3 is 5.97 Å². The molecule has 2 aromatic rings. The number of esters is 1. The van der Waals surface area contributed by atoms with Gasteiger partial charge in [0.2, 0.25) is 0 Å². The first kappa shape index (κ1) is 17.2. The van der Waals surface area contributed by atoms with E-state index in [0.717, 1.165) is 0 Å². The van der Waals surface area contributed by atoms with Gasteiger partial charge in [-0.3, -0.25) is 4.79 Å². The summed E-state index contributed by atoms with van der Waals surface area (Å²) in [7, 11) is 1.27. The van der Waals surface area contributed by atoms with Crippen LogP contribution in [-0.2, 0) is 14.9 Å². The molecule has 0 amide bonds. The smallest absolute Gasteiger partial charge is 0.305 e. The Morgan fingerprint density at radius 3 is 2.46 bits per heavy atom. The van der Waals surface area contributed by atoms with Crippen LogP contribution in [-0.4, -0.2) is 13.1 Å². The molecule has 0 saturated heterocycles. The Balaban J connectivity index is 2.68. The first-order valence-electron chi connectivity index (χ1n) is 7.31. The van der Waals surface area contributed by atoms with Crippen LogP contribution in [0.25, 0.3) is 0 Å². The number of rotatable bonds is 5. The van der Waals surface area contributed by atoms with Gasteiger partial charge in [-0.2, -0.15) is 10.5 Å². The predicted octanol–water partition coefficient (Wildman–Crippen LogP) is 3.46. The van der Waals surface area contributed by atoms with Gasteiger partial charge in [0.15, 0.2) is 0 Å². The van der Waals surface area contributed by atoms with Crippen LogP contribution in [0.2, 0.25) is 0 Å². The van der Waals surface area contributed by atoms with Crippen LogP contribution in [0.15, 0.2) is 48.5 Å². The minimum absolute atomic E-state index is 0.0274. The lowest BCUT2D eigenvalue weighted by molar-refractivity contribution is -0.140. The van der Waals surface area contributed by atoms with Gasteiger partial charge in [-0.25, -0.2) is 4.39 Å². The number of hydrogen-bond acceptors (Lipinski definition) is 4. The summed E-state index contributed by atoms with van der Waals surface area (Å²) >= 11 is 0. The number of carbonyl (C=O) groups excluding carboxylic acids is 1. The average molecular weight is 322 g/mol. The van der Waals surface area contributed by atoms with E-state index in [0.29, 0.717) is 5.56 Å². The van der Waals surface area contributed by atoms with Crippen molar-refractivity contribution in [3.8, 4) is 12.1 Å². The fourth-order valence-corrected chi connectivity index (χ4v) is 2.72. The Morgan fingerprint density at radius 1 is 1.17 bits per heavy atom. The van der Waals surface area contributed by atoms with Crippen molar-refractivity contribution >= 4 is 5.97 Å². The van der Waals surface area contributed by atoms with Gasteiger partial charge in [0.25, 0.3) is 0 Å². The largest absolute Gasteiger partial charge is 0.469 e. The van der Waals surface area contributed by atoms with Gasteiger partial charge in [-0.05, 0) is 23.6 Å². The third-order valence-electron chi connectivity index (χ3n) is 3.97. The lowest BCUT2D eigenvalue weighted by Crippen LogP contribution is -2.28. The summed E-state index contributed by atoms with van der Waals surface area (Å²) in [4.78, 5) is 11.6. The van der Waals surface area contributed by atoms with Gasteiger partial charge in [-0.1, -0.05) is 42.5 Å². The molecule has 0 bridgehead atoms. The van der Waals surface area contributed by atoms with Crippen molar-refractivity contribution in [2.45, 2.75) is 18.3 Å². The molecule has 0 heterocycles. The molecule has 1 atom stereocenters. The summed E-state index contributed by atoms with van der Waals surface area (Å²) in [5, 5.41) is 19.3. The molecule has 5 heteroatoms. The highest BCUT2D eigenvalue weighted by Crippen LogP contribution is 2.38. The molecular weight excluding hydrogens is 307 g/mol. The van der Waals surface area contributed by atoms with Crippen molar-refractivity contribution in [3.63, 3.8) is 0 Å². The van der Waals surface area contributed by atoms with Crippen LogP contribution in [0, 0.1) is 28.5 Å². The maximum absolute atomic E-state index is 14.1. The zero-order valence-corrected chi connectivity index (χ0v) is 13.1. The van der Waals surface area contributed by atoms with Crippen LogP contribution < -0.4 is 0 Å². The second-order valence-electron chi connectivity index (χ2n) is 5.23. The van der Waals surface area contributed by atoms with E-state index in [2.05, 4.69) is 10.8 Å². The first-order chi connectivity index (χ1) is 11.6. The molecule has 24 heavy (non-hydrogen) atoms. The number of hydrogen-bond donors (Lipinski definition) is 0. The van der Waals surface area contributed by atoms with Crippen molar-refractivity contribution in [1.29, 1.82) is 10.5 Å². The highest BCUT2D eigenvalue weighted by Gasteiger charge is 2.37. The fourth-order valence-electron chi connectivity index (χ4n) is 2.72. The van der Waals surface area contributed by atoms with Crippen LogP contribution in [0.5, 0.6) is 0 Å². The lowest BCUT2D eigenvalue weighted by Gasteiger charge is -2.28. The number of ether oxygens (including phenoxy) is 1. The third kappa shape index (κ3) is 3.11. The average Bonchev–Trinajstić information content (AvgIpc) is 2.63. The predicted molar refractivity (Wildman–Crippen MR) is 85.2 cm³/mol. The van der Waals surface area contributed by atoms with E-state index in [1.54, 1.807) is 36.4 Å². The fraction of sp³-hybridized carbons (Fsp3) is 0.211. The molecule has 120 valence electrons. The maximum atomic E-state index is 14.1. The Kier molecular flexibility index (Phi) is 5.29. The Bertz CT molecular complexity index is 821. The van der Waals surface area contributed by atoms with Crippen molar-refractivity contribution in [2.24, 2.45) is 0 Å². The van der Waals surface area contributed by atoms with Gasteiger partial charge in [0.05, 0.1) is 18.7 Å². The van der Waals surface area contributed by atoms with E-state index >= 15 is 0 Å². The van der Waals surface area contributed by atoms with E-state index in [9.17, 15) is 19.7 Å². The number of methoxy groups -OCH3 is 1. The second-order valence-corrected chi connectivity index (χ2v) is 5.23. The molecule has 0 aromatic heterocycles. The molecule has 0 aliphatic carbocycles. The molecule has 2 aromatic carbocycles. The van der Waals surface area contributed by atoms with Crippen molar-refractivity contribution < 1.29 is 13.9 Å². The minimum Gasteiger partial charge on any atom is -0.469 e. The zero-order valence-electron chi connectivity index (χ0n) is 13.1. The quantitative estimate of drug-likeness (QED) is 0.790. The van der Waals surface area contributed by atoms with Gasteiger partial charge < -0.3 is 4.74 Å². The maximum Gasteiger partial charge on any atom is 0.305 e. The number of carbonyl (C=O) groups is 1. The van der Waals surface area contributed by atoms with Crippen LogP contribution in [0.3, 0.4) is 0 Å². The van der Waals surface area contributed by atoms with Crippen molar-refractivity contribution in [1.82, 2.24) is 0 Å². The molecule has 0 radical (unpaired) electrons. The SMILES string of the molecule is COC(=O)CC[C@](C#N)(c1ccccc1)c1cccc(F)c1C#N. The van der Waals surface area contributed by atoms with Gasteiger partial charge in [-0.15, -0.1) is 0 Å². The molecule has 0 N–H and O–H groups in total. The third-order valence-corrected chi connectivity index (χ3v) is 3.97. The van der Waals surface area contributed by atoms with Crippen LogP contribution in [0.1, 0.15) is 29.5 Å². The highest BCUT2D eigenvalue weighted by atomic mass is 19.1. The van der Waals surface area contributed by atoms with Gasteiger partial charge in [0, 0.05) is 6.42 Å². The summed E-state index contributed by atoms with van der Waals surface area (Å²) < 4.78 is 18.7. The van der Waals surface area contributed by atoms with Crippen LogP contribution in [0.4, 0.5) is 4.39 Å². The summed E-state index contributed by atoms with van der Waals surface area (Å²) in [5.74, 6) is -1.16. The monoisotopic (exact) mass is 322 g/mol. The molecule has 0 spiro atoms. The normalized spacial score (nSPS) is 12.5. The van der Waals surface area contributed by atoms with E-state index in [-0.39, 0.29) is 24.0 Å². The summed E-state index contributed by atoms with van der Waals surface area (Å²) in [6.45, 7) is 0. The summed E-state index contributed by atoms with van der Waals surface area (Å²) in [5.41, 5.74) is -0.656. The first-order valence-corrected chi connectivity index (χ1v) is 7.31. The van der Waals surface area contributed by atoms with E-state index in [1.165, 1.54) is 19.2 Å². The Hall–Kier alpha value is -3.18. The number of nitriles is 2. The molecule has 0 unspecified atom stereocenters. The van der Waals surface area contributed by atoms with Crippen LogP contribution >= 0.6 is 0 Å². The summed E-state index contributed by atoms with van der Waals surface area (Å²) in [6, 6.07) is 17.0.